The van der Waals surface area contributed by atoms with Gasteiger partial charge < -0.3 is 9.47 Å². The molecule has 1 unspecified atom stereocenters. The second-order valence-electron chi connectivity index (χ2n) is 6.82. The zero-order valence-corrected chi connectivity index (χ0v) is 15.6. The maximum atomic E-state index is 11.5. The van der Waals surface area contributed by atoms with E-state index >= 15 is 0 Å². The highest BCUT2D eigenvalue weighted by molar-refractivity contribution is 5.89. The Morgan fingerprint density at radius 2 is 2.04 bits per heavy atom. The summed E-state index contributed by atoms with van der Waals surface area (Å²) in [5, 5.41) is 0. The monoisotopic (exact) mass is 342 g/mol. The highest BCUT2D eigenvalue weighted by atomic mass is 16.5. The fourth-order valence-corrected chi connectivity index (χ4v) is 2.96. The third-order valence-electron chi connectivity index (χ3n) is 4.29. The van der Waals surface area contributed by atoms with Crippen LogP contribution in [0.1, 0.15) is 68.9 Å². The summed E-state index contributed by atoms with van der Waals surface area (Å²) in [6.07, 6.45) is 9.21. The smallest absolute Gasteiger partial charge is 0.308 e. The van der Waals surface area contributed by atoms with E-state index in [2.05, 4.69) is 19.9 Å². The number of benzene rings is 1. The minimum atomic E-state index is -0.455. The molecule has 1 aliphatic rings. The van der Waals surface area contributed by atoms with Crippen LogP contribution in [0.15, 0.2) is 23.8 Å². The lowest BCUT2D eigenvalue weighted by Crippen LogP contribution is -2.32. The molecule has 1 aliphatic heterocycles. The predicted octanol–water partition coefficient (Wildman–Crippen LogP) is 4.90. The van der Waals surface area contributed by atoms with Crippen molar-refractivity contribution in [1.29, 1.82) is 0 Å². The molecular weight excluding hydrogens is 316 g/mol. The summed E-state index contributed by atoms with van der Waals surface area (Å²) < 4.78 is 11.6. The van der Waals surface area contributed by atoms with E-state index in [4.69, 9.17) is 9.47 Å². The molecule has 0 bridgehead atoms. The third-order valence-corrected chi connectivity index (χ3v) is 4.29. The highest BCUT2D eigenvalue weighted by Crippen LogP contribution is 2.42. The number of hydrogen-bond acceptors (Lipinski definition) is 4. The molecule has 0 N–H and O–H groups in total. The number of esters is 1. The Kier molecular flexibility index (Phi) is 5.83. The van der Waals surface area contributed by atoms with Gasteiger partial charge in [-0.25, -0.2) is 0 Å². The van der Waals surface area contributed by atoms with Crippen LogP contribution in [-0.2, 0) is 11.2 Å². The largest absolute Gasteiger partial charge is 0.483 e. The second-order valence-corrected chi connectivity index (χ2v) is 6.82. The molecule has 25 heavy (non-hydrogen) atoms. The number of rotatable bonds is 6. The quantitative estimate of drug-likeness (QED) is 0.319. The average Bonchev–Trinajstić information content (AvgIpc) is 2.53. The molecular formula is C21H26O4. The number of carbonyl (C=O) groups excluding carboxylic acids is 2. The Hall–Kier alpha value is -2.36. The number of aldehydes is 1. The molecule has 0 aromatic heterocycles. The summed E-state index contributed by atoms with van der Waals surface area (Å²) in [5.41, 5.74) is 2.73. The molecule has 0 radical (unpaired) electrons. The van der Waals surface area contributed by atoms with Crippen LogP contribution < -0.4 is 9.47 Å². The number of allylic oxidation sites excluding steroid dienone is 2. The van der Waals surface area contributed by atoms with Crippen molar-refractivity contribution in [3.8, 4) is 11.5 Å². The van der Waals surface area contributed by atoms with Crippen molar-refractivity contribution in [3.05, 3.63) is 40.5 Å². The topological polar surface area (TPSA) is 52.6 Å². The van der Waals surface area contributed by atoms with Crippen molar-refractivity contribution in [1.82, 2.24) is 0 Å². The van der Waals surface area contributed by atoms with Gasteiger partial charge in [-0.05, 0) is 63.8 Å². The molecule has 1 heterocycles. The Labute approximate surface area is 149 Å². The van der Waals surface area contributed by atoms with Crippen LogP contribution >= 0.6 is 0 Å². The van der Waals surface area contributed by atoms with Gasteiger partial charge in [0.25, 0.3) is 0 Å². The second kappa shape index (κ2) is 7.68. The summed E-state index contributed by atoms with van der Waals surface area (Å²) >= 11 is 0. The van der Waals surface area contributed by atoms with E-state index in [0.29, 0.717) is 29.0 Å². The van der Waals surface area contributed by atoms with Crippen LogP contribution in [0.25, 0.3) is 6.08 Å². The fraction of sp³-hybridized carbons (Fsp3) is 0.429. The molecule has 1 aromatic rings. The van der Waals surface area contributed by atoms with E-state index in [1.807, 2.05) is 32.1 Å². The lowest BCUT2D eigenvalue weighted by Gasteiger charge is -2.32. The van der Waals surface area contributed by atoms with E-state index in [-0.39, 0.29) is 0 Å². The molecule has 134 valence electrons. The first-order valence-corrected chi connectivity index (χ1v) is 8.64. The summed E-state index contributed by atoms with van der Waals surface area (Å²) in [4.78, 5) is 23.0. The van der Waals surface area contributed by atoms with E-state index in [1.165, 1.54) is 12.5 Å². The summed E-state index contributed by atoms with van der Waals surface area (Å²) in [7, 11) is 0. The lowest BCUT2D eigenvalue weighted by atomic mass is 9.92. The van der Waals surface area contributed by atoms with Crippen LogP contribution in [0, 0.1) is 0 Å². The minimum absolute atomic E-state index is 0.291. The molecule has 0 saturated heterocycles. The molecule has 2 rings (SSSR count). The molecule has 4 heteroatoms. The number of hydrogen-bond donors (Lipinski definition) is 0. The fourth-order valence-electron chi connectivity index (χ4n) is 2.96. The van der Waals surface area contributed by atoms with Gasteiger partial charge >= 0.3 is 5.97 Å². The van der Waals surface area contributed by atoms with Gasteiger partial charge in [-0.1, -0.05) is 18.6 Å². The lowest BCUT2D eigenvalue weighted by molar-refractivity contribution is -0.131. The molecule has 4 nitrogen and oxygen atoms in total. The number of ether oxygens (including phenoxy) is 2. The first-order chi connectivity index (χ1) is 11.8. The Morgan fingerprint density at radius 1 is 1.32 bits per heavy atom. The van der Waals surface area contributed by atoms with Gasteiger partial charge in [-0.3, -0.25) is 9.59 Å². The van der Waals surface area contributed by atoms with E-state index in [1.54, 1.807) is 0 Å². The van der Waals surface area contributed by atoms with E-state index < -0.39 is 11.6 Å². The van der Waals surface area contributed by atoms with Crippen LogP contribution in [0.5, 0.6) is 11.5 Å². The van der Waals surface area contributed by atoms with Crippen molar-refractivity contribution >= 4 is 18.3 Å². The van der Waals surface area contributed by atoms with Gasteiger partial charge in [0.2, 0.25) is 0 Å². The molecule has 0 amide bonds. The average molecular weight is 342 g/mol. The van der Waals surface area contributed by atoms with Gasteiger partial charge in [-0.15, -0.1) is 0 Å². The molecule has 1 atom stereocenters. The Balaban J connectivity index is 2.45. The number of carbonyl (C=O) groups is 2. The Morgan fingerprint density at radius 3 is 2.60 bits per heavy atom. The zero-order chi connectivity index (χ0) is 18.6. The first kappa shape index (κ1) is 19.0. The van der Waals surface area contributed by atoms with Crippen molar-refractivity contribution in [2.45, 2.75) is 59.5 Å². The highest BCUT2D eigenvalue weighted by Gasteiger charge is 2.30. The van der Waals surface area contributed by atoms with Crippen molar-refractivity contribution in [2.24, 2.45) is 0 Å². The van der Waals surface area contributed by atoms with Gasteiger partial charge in [0.15, 0.2) is 12.0 Å². The number of aryl methyl sites for hydroxylation is 1. The minimum Gasteiger partial charge on any atom is -0.483 e. The summed E-state index contributed by atoms with van der Waals surface area (Å²) in [5.74, 6) is 0.490. The molecule has 0 aliphatic carbocycles. The summed E-state index contributed by atoms with van der Waals surface area (Å²) in [6.45, 7) is 9.48. The van der Waals surface area contributed by atoms with Gasteiger partial charge in [0.1, 0.15) is 11.4 Å². The predicted molar refractivity (Wildman–Crippen MR) is 99.2 cm³/mol. The van der Waals surface area contributed by atoms with Crippen LogP contribution in [0.4, 0.5) is 0 Å². The first-order valence-electron chi connectivity index (χ1n) is 8.64. The summed E-state index contributed by atoms with van der Waals surface area (Å²) in [6, 6.07) is 1.88. The normalized spacial score (nSPS) is 18.1. The third kappa shape index (κ3) is 4.38. The molecule has 0 saturated carbocycles. The van der Waals surface area contributed by atoms with Gasteiger partial charge in [-0.2, -0.15) is 0 Å². The maximum Gasteiger partial charge on any atom is 0.308 e. The van der Waals surface area contributed by atoms with Crippen LogP contribution in [0.3, 0.4) is 0 Å². The maximum absolute atomic E-state index is 11.5. The molecule has 1 aromatic carbocycles. The standard InChI is InChI=1S/C21H26O4/c1-6-16-12-19-17(20(18(16)13-22)24-15(4)23)9-11-21(5,25-19)10-7-8-14(2)3/h8-9,11-13H,6-7,10H2,1-5H3. The number of fused-ring (bicyclic) bond motifs is 1. The molecule has 0 fully saturated rings. The SMILES string of the molecule is CCc1cc2c(c(OC(C)=O)c1C=O)C=CC(C)(CCC=C(C)C)O2. The van der Waals surface area contributed by atoms with Gasteiger partial charge in [0, 0.05) is 6.92 Å². The van der Waals surface area contributed by atoms with Crippen LogP contribution in [0.2, 0.25) is 0 Å². The van der Waals surface area contributed by atoms with Gasteiger partial charge in [0.05, 0.1) is 11.1 Å². The van der Waals surface area contributed by atoms with Crippen molar-refractivity contribution in [2.75, 3.05) is 0 Å². The van der Waals surface area contributed by atoms with E-state index in [9.17, 15) is 9.59 Å². The Bertz CT molecular complexity index is 739. The van der Waals surface area contributed by atoms with E-state index in [0.717, 1.165) is 24.7 Å². The van der Waals surface area contributed by atoms with Crippen molar-refractivity contribution < 1.29 is 19.1 Å². The molecule has 0 spiro atoms. The van der Waals surface area contributed by atoms with Crippen LogP contribution in [-0.4, -0.2) is 17.9 Å². The van der Waals surface area contributed by atoms with Crippen molar-refractivity contribution in [3.63, 3.8) is 0 Å². The zero-order valence-electron chi connectivity index (χ0n) is 15.6.